The number of rotatable bonds is 8. The summed E-state index contributed by atoms with van der Waals surface area (Å²) in [6.45, 7) is 6.17. The minimum atomic E-state index is -0.159. The summed E-state index contributed by atoms with van der Waals surface area (Å²) in [6.07, 6.45) is 0. The molecule has 0 aliphatic rings. The summed E-state index contributed by atoms with van der Waals surface area (Å²) >= 11 is 7.43. The highest BCUT2D eigenvalue weighted by atomic mass is 35.5. The first-order valence-corrected chi connectivity index (χ1v) is 12.0. The van der Waals surface area contributed by atoms with Gasteiger partial charge in [0.15, 0.2) is 11.0 Å². The van der Waals surface area contributed by atoms with Crippen LogP contribution in [0.3, 0.4) is 0 Å². The van der Waals surface area contributed by atoms with Gasteiger partial charge in [-0.2, -0.15) is 5.10 Å². The predicted molar refractivity (Wildman–Crippen MR) is 134 cm³/mol. The molecule has 176 valence electrons. The Balaban J connectivity index is 1.39. The molecule has 1 N–H and O–H groups in total. The van der Waals surface area contributed by atoms with Crippen molar-refractivity contribution >= 4 is 35.1 Å². The molecule has 0 fully saturated rings. The van der Waals surface area contributed by atoms with Crippen molar-refractivity contribution in [3.05, 3.63) is 76.2 Å². The zero-order valence-electron chi connectivity index (χ0n) is 19.4. The van der Waals surface area contributed by atoms with Crippen molar-refractivity contribution in [1.82, 2.24) is 24.5 Å². The van der Waals surface area contributed by atoms with E-state index < -0.39 is 0 Å². The minimum absolute atomic E-state index is 0.159. The molecule has 10 heteroatoms. The first kappa shape index (κ1) is 23.8. The Labute approximate surface area is 207 Å². The number of nitrogens with one attached hydrogen (secondary N) is 1. The number of hydrogen-bond acceptors (Lipinski definition) is 6. The second-order valence-electron chi connectivity index (χ2n) is 7.89. The standard InChI is InChI=1S/C24H25ClN6O2S/c1-15-9-10-16(2)19(11-15)31-21(12-17(3)29-31)26-23(32)14-34-24-28-27-22(30(24)4)13-33-20-8-6-5-7-18(20)25/h5-12H,13-14H2,1-4H3,(H,26,32). The minimum Gasteiger partial charge on any atom is -0.484 e. The number of hydrogen-bond donors (Lipinski definition) is 1. The summed E-state index contributed by atoms with van der Waals surface area (Å²) in [5.74, 6) is 1.86. The summed E-state index contributed by atoms with van der Waals surface area (Å²) in [5.41, 5.74) is 3.95. The monoisotopic (exact) mass is 496 g/mol. The van der Waals surface area contributed by atoms with Crippen molar-refractivity contribution in [2.45, 2.75) is 32.5 Å². The summed E-state index contributed by atoms with van der Waals surface area (Å²) < 4.78 is 9.32. The van der Waals surface area contributed by atoms with Gasteiger partial charge >= 0.3 is 0 Å². The summed E-state index contributed by atoms with van der Waals surface area (Å²) in [6, 6.07) is 15.3. The maximum atomic E-state index is 12.7. The van der Waals surface area contributed by atoms with Crippen molar-refractivity contribution in [1.29, 1.82) is 0 Å². The summed E-state index contributed by atoms with van der Waals surface area (Å²) in [7, 11) is 1.84. The smallest absolute Gasteiger partial charge is 0.236 e. The van der Waals surface area contributed by atoms with E-state index in [2.05, 4.69) is 32.7 Å². The van der Waals surface area contributed by atoms with Gasteiger partial charge in [-0.1, -0.05) is 47.6 Å². The molecule has 8 nitrogen and oxygen atoms in total. The number of amides is 1. The molecule has 0 saturated heterocycles. The lowest BCUT2D eigenvalue weighted by atomic mass is 10.1. The quantitative estimate of drug-likeness (QED) is 0.349. The molecule has 0 bridgehead atoms. The van der Waals surface area contributed by atoms with Gasteiger partial charge in [-0.05, 0) is 50.1 Å². The van der Waals surface area contributed by atoms with E-state index in [1.54, 1.807) is 21.4 Å². The van der Waals surface area contributed by atoms with Gasteiger partial charge in [-0.3, -0.25) is 4.79 Å². The fourth-order valence-corrected chi connectivity index (χ4v) is 4.25. The highest BCUT2D eigenvalue weighted by molar-refractivity contribution is 7.99. The topological polar surface area (TPSA) is 86.9 Å². The van der Waals surface area contributed by atoms with E-state index in [1.807, 2.05) is 52.1 Å². The number of nitrogens with zero attached hydrogens (tertiary/aromatic N) is 5. The van der Waals surface area contributed by atoms with Crippen LogP contribution in [0.1, 0.15) is 22.6 Å². The molecule has 0 aliphatic carbocycles. The van der Waals surface area contributed by atoms with Crippen molar-refractivity contribution < 1.29 is 9.53 Å². The number of carbonyl (C=O) groups is 1. The molecule has 0 unspecified atom stereocenters. The fourth-order valence-electron chi connectivity index (χ4n) is 3.33. The molecule has 0 saturated carbocycles. The van der Waals surface area contributed by atoms with E-state index in [-0.39, 0.29) is 18.3 Å². The molecule has 2 aromatic carbocycles. The van der Waals surface area contributed by atoms with Crippen LogP contribution in [0.4, 0.5) is 5.82 Å². The van der Waals surface area contributed by atoms with Crippen LogP contribution < -0.4 is 10.1 Å². The average molecular weight is 497 g/mol. The predicted octanol–water partition coefficient (Wildman–Crippen LogP) is 4.89. The van der Waals surface area contributed by atoms with Gasteiger partial charge in [0, 0.05) is 13.1 Å². The number of aromatic nitrogens is 5. The van der Waals surface area contributed by atoms with E-state index in [9.17, 15) is 4.79 Å². The van der Waals surface area contributed by atoms with Gasteiger partial charge < -0.3 is 14.6 Å². The Kier molecular flexibility index (Phi) is 7.23. The first-order valence-electron chi connectivity index (χ1n) is 10.6. The van der Waals surface area contributed by atoms with Crippen molar-refractivity contribution in [3.8, 4) is 11.4 Å². The molecular weight excluding hydrogens is 472 g/mol. The van der Waals surface area contributed by atoms with Crippen LogP contribution in [-0.2, 0) is 18.4 Å². The van der Waals surface area contributed by atoms with Gasteiger partial charge in [-0.15, -0.1) is 10.2 Å². The third kappa shape index (κ3) is 5.43. The van der Waals surface area contributed by atoms with Crippen LogP contribution in [0, 0.1) is 20.8 Å². The molecule has 2 aromatic heterocycles. The van der Waals surface area contributed by atoms with Crippen LogP contribution in [-0.4, -0.2) is 36.2 Å². The third-order valence-electron chi connectivity index (χ3n) is 5.14. The maximum absolute atomic E-state index is 12.7. The second kappa shape index (κ2) is 10.3. The normalized spacial score (nSPS) is 11.0. The van der Waals surface area contributed by atoms with Crippen molar-refractivity contribution in [3.63, 3.8) is 0 Å². The van der Waals surface area contributed by atoms with Gasteiger partial charge in [0.2, 0.25) is 5.91 Å². The molecule has 4 rings (SSSR count). The molecular formula is C24H25ClN6O2S. The molecule has 2 heterocycles. The van der Waals surface area contributed by atoms with E-state index in [0.29, 0.717) is 27.6 Å². The number of benzene rings is 2. The Bertz CT molecular complexity index is 1330. The lowest BCUT2D eigenvalue weighted by Gasteiger charge is -2.12. The largest absolute Gasteiger partial charge is 0.484 e. The van der Waals surface area contributed by atoms with Crippen LogP contribution >= 0.6 is 23.4 Å². The highest BCUT2D eigenvalue weighted by Gasteiger charge is 2.16. The number of carbonyl (C=O) groups excluding carboxylic acids is 1. The van der Waals surface area contributed by atoms with E-state index in [0.717, 1.165) is 22.5 Å². The second-order valence-corrected chi connectivity index (χ2v) is 9.24. The molecule has 0 spiro atoms. The molecule has 0 aliphatic heterocycles. The van der Waals surface area contributed by atoms with Crippen LogP contribution in [0.25, 0.3) is 5.69 Å². The van der Waals surface area contributed by atoms with Gasteiger partial charge in [0.05, 0.1) is 22.2 Å². The lowest BCUT2D eigenvalue weighted by Crippen LogP contribution is -2.17. The maximum Gasteiger partial charge on any atom is 0.236 e. The van der Waals surface area contributed by atoms with Crippen molar-refractivity contribution in [2.24, 2.45) is 7.05 Å². The molecule has 4 aromatic rings. The Morgan fingerprint density at radius 3 is 2.71 bits per heavy atom. The van der Waals surface area contributed by atoms with Gasteiger partial charge in [-0.25, -0.2) is 4.68 Å². The van der Waals surface area contributed by atoms with E-state index in [4.69, 9.17) is 16.3 Å². The van der Waals surface area contributed by atoms with Crippen LogP contribution in [0.2, 0.25) is 5.02 Å². The van der Waals surface area contributed by atoms with E-state index in [1.165, 1.54) is 11.8 Å². The zero-order valence-corrected chi connectivity index (χ0v) is 20.9. The Morgan fingerprint density at radius 1 is 1.12 bits per heavy atom. The van der Waals surface area contributed by atoms with E-state index >= 15 is 0 Å². The summed E-state index contributed by atoms with van der Waals surface area (Å²) in [5, 5.41) is 17.1. The summed E-state index contributed by atoms with van der Waals surface area (Å²) in [4.78, 5) is 12.7. The Hall–Kier alpha value is -3.30. The van der Waals surface area contributed by atoms with Gasteiger partial charge in [0.25, 0.3) is 0 Å². The third-order valence-corrected chi connectivity index (χ3v) is 6.48. The number of para-hydroxylation sites is 1. The molecule has 1 amide bonds. The number of halogens is 1. The number of aryl methyl sites for hydroxylation is 3. The zero-order chi connectivity index (χ0) is 24.2. The number of ether oxygens (including phenoxy) is 1. The first-order chi connectivity index (χ1) is 16.3. The molecule has 0 atom stereocenters. The van der Waals surface area contributed by atoms with Gasteiger partial charge in [0.1, 0.15) is 18.2 Å². The Morgan fingerprint density at radius 2 is 1.91 bits per heavy atom. The van der Waals surface area contributed by atoms with Crippen LogP contribution in [0.5, 0.6) is 5.75 Å². The average Bonchev–Trinajstić information content (AvgIpc) is 3.35. The lowest BCUT2D eigenvalue weighted by molar-refractivity contribution is -0.113. The van der Waals surface area contributed by atoms with Crippen LogP contribution in [0.15, 0.2) is 53.7 Å². The SMILES string of the molecule is Cc1ccc(C)c(-n2nc(C)cc2NC(=O)CSc2nnc(COc3ccccc3Cl)n2C)c1. The number of thioether (sulfide) groups is 1. The highest BCUT2D eigenvalue weighted by Crippen LogP contribution is 2.25. The van der Waals surface area contributed by atoms with Crippen molar-refractivity contribution in [2.75, 3.05) is 11.1 Å². The fraction of sp³-hybridized carbons (Fsp3) is 0.250. The molecule has 0 radical (unpaired) electrons. The number of anilines is 1. The molecule has 34 heavy (non-hydrogen) atoms.